The Morgan fingerprint density at radius 3 is 2.80 bits per heavy atom. The molecule has 3 aromatic rings. The average molecular weight is 338 g/mol. The number of hydrogen-bond donors (Lipinski definition) is 0. The Morgan fingerprint density at radius 1 is 1.12 bits per heavy atom. The topological polar surface area (TPSA) is 22.4 Å². The van der Waals surface area contributed by atoms with E-state index in [2.05, 4.69) is 6.58 Å². The Morgan fingerprint density at radius 2 is 2.00 bits per heavy atom. The summed E-state index contributed by atoms with van der Waals surface area (Å²) in [4.78, 5) is 0. The molecular weight excluding hydrogens is 315 g/mol. The van der Waals surface area contributed by atoms with Gasteiger partial charge in [0.15, 0.2) is 0 Å². The molecule has 0 aliphatic carbocycles. The third-order valence-electron chi connectivity index (χ3n) is 4.19. The van der Waals surface area contributed by atoms with Crippen LogP contribution in [0.25, 0.3) is 22.3 Å². The van der Waals surface area contributed by atoms with E-state index < -0.39 is 0 Å². The van der Waals surface area contributed by atoms with Gasteiger partial charge in [-0.05, 0) is 67.6 Å². The minimum Gasteiger partial charge on any atom is -0.456 e. The maximum absolute atomic E-state index is 14.2. The van der Waals surface area contributed by atoms with Crippen molar-refractivity contribution in [2.45, 2.75) is 32.8 Å². The van der Waals surface area contributed by atoms with E-state index in [4.69, 9.17) is 9.15 Å². The molecule has 2 nitrogen and oxygen atoms in total. The summed E-state index contributed by atoms with van der Waals surface area (Å²) in [6.07, 6.45) is 5.11. The number of ether oxygens (including phenoxy) is 1. The number of fused-ring (bicyclic) bond motifs is 1. The quantitative estimate of drug-likeness (QED) is 0.349. The van der Waals surface area contributed by atoms with Crippen molar-refractivity contribution < 1.29 is 13.5 Å². The minimum atomic E-state index is -0.262. The first kappa shape index (κ1) is 17.4. The molecule has 2 aromatic carbocycles. The normalized spacial score (nSPS) is 11.1. The lowest BCUT2D eigenvalue weighted by molar-refractivity contribution is 0.117. The van der Waals surface area contributed by atoms with Crippen LogP contribution in [-0.2, 0) is 11.3 Å². The molecule has 25 heavy (non-hydrogen) atoms. The molecule has 1 heterocycles. The van der Waals surface area contributed by atoms with Crippen LogP contribution in [0.4, 0.5) is 4.39 Å². The molecule has 0 N–H and O–H groups in total. The lowest BCUT2D eigenvalue weighted by Gasteiger charge is -2.03. The molecule has 130 valence electrons. The van der Waals surface area contributed by atoms with E-state index in [0.29, 0.717) is 17.9 Å². The molecule has 3 heteroatoms. The number of aryl methyl sites for hydroxylation is 1. The van der Waals surface area contributed by atoms with E-state index in [-0.39, 0.29) is 5.82 Å². The van der Waals surface area contributed by atoms with Gasteiger partial charge in [0.25, 0.3) is 0 Å². The molecule has 0 radical (unpaired) electrons. The zero-order chi connectivity index (χ0) is 17.6. The first-order chi connectivity index (χ1) is 12.2. The molecule has 0 unspecified atom stereocenters. The summed E-state index contributed by atoms with van der Waals surface area (Å²) < 4.78 is 25.7. The fraction of sp³-hybridized carbons (Fsp3) is 0.273. The van der Waals surface area contributed by atoms with Gasteiger partial charge in [0.2, 0.25) is 0 Å². The maximum Gasteiger partial charge on any atom is 0.138 e. The summed E-state index contributed by atoms with van der Waals surface area (Å²) in [7, 11) is 0. The van der Waals surface area contributed by atoms with Crippen LogP contribution in [0, 0.1) is 12.7 Å². The summed E-state index contributed by atoms with van der Waals surface area (Å²) in [6, 6.07) is 13.0. The highest BCUT2D eigenvalue weighted by Crippen LogP contribution is 2.30. The van der Waals surface area contributed by atoms with Gasteiger partial charge in [0.05, 0.1) is 12.2 Å². The number of unbranched alkanes of at least 4 members (excludes halogenated alkanes) is 2. The molecule has 0 saturated carbocycles. The maximum atomic E-state index is 14.2. The summed E-state index contributed by atoms with van der Waals surface area (Å²) in [5, 5.41) is 0.961. The van der Waals surface area contributed by atoms with Crippen LogP contribution in [-0.4, -0.2) is 6.61 Å². The molecule has 1 aromatic heterocycles. The first-order valence-corrected chi connectivity index (χ1v) is 8.65. The van der Waals surface area contributed by atoms with Gasteiger partial charge in [0.1, 0.15) is 17.2 Å². The Bertz CT molecular complexity index is 864. The molecule has 0 saturated heterocycles. The lowest BCUT2D eigenvalue weighted by atomic mass is 10.1. The minimum absolute atomic E-state index is 0.262. The second-order valence-electron chi connectivity index (χ2n) is 6.30. The van der Waals surface area contributed by atoms with Crippen LogP contribution in [0.15, 0.2) is 59.5 Å². The SMILES string of the molecule is C=CCCCCOCc1ccc2oc(-c3ccc(C)cc3F)cc2c1. The number of rotatable bonds is 8. The standard InChI is InChI=1S/C22H23FO2/c1-3-4-5-6-11-24-15-17-8-10-21-18(13-17)14-22(25-21)19-9-7-16(2)12-20(19)23/h3,7-10,12-14H,1,4-6,11,15H2,2H3. The highest BCUT2D eigenvalue weighted by molar-refractivity contribution is 5.83. The van der Waals surface area contributed by atoms with E-state index in [0.717, 1.165) is 48.0 Å². The molecule has 0 aliphatic rings. The van der Waals surface area contributed by atoms with Gasteiger partial charge in [-0.2, -0.15) is 0 Å². The van der Waals surface area contributed by atoms with Gasteiger partial charge in [-0.25, -0.2) is 4.39 Å². The van der Waals surface area contributed by atoms with Crippen molar-refractivity contribution in [3.05, 3.63) is 72.1 Å². The number of benzene rings is 2. The third-order valence-corrected chi connectivity index (χ3v) is 4.19. The third kappa shape index (κ3) is 4.37. The number of allylic oxidation sites excluding steroid dienone is 1. The van der Waals surface area contributed by atoms with E-state index in [1.165, 1.54) is 6.07 Å². The van der Waals surface area contributed by atoms with Gasteiger partial charge in [-0.15, -0.1) is 6.58 Å². The fourth-order valence-electron chi connectivity index (χ4n) is 2.82. The fourth-order valence-corrected chi connectivity index (χ4v) is 2.82. The smallest absolute Gasteiger partial charge is 0.138 e. The van der Waals surface area contributed by atoms with E-state index in [9.17, 15) is 4.39 Å². The van der Waals surface area contributed by atoms with Crippen LogP contribution < -0.4 is 0 Å². The summed E-state index contributed by atoms with van der Waals surface area (Å²) in [6.45, 7) is 6.91. The van der Waals surface area contributed by atoms with Crippen molar-refractivity contribution in [3.63, 3.8) is 0 Å². The molecule has 0 aliphatic heterocycles. The van der Waals surface area contributed by atoms with Crippen molar-refractivity contribution in [3.8, 4) is 11.3 Å². The molecule has 0 spiro atoms. The second kappa shape index (κ2) is 8.13. The zero-order valence-electron chi connectivity index (χ0n) is 14.6. The van der Waals surface area contributed by atoms with Gasteiger partial charge >= 0.3 is 0 Å². The molecule has 3 rings (SSSR count). The predicted molar refractivity (Wildman–Crippen MR) is 100 cm³/mol. The van der Waals surface area contributed by atoms with Crippen LogP contribution in [0.2, 0.25) is 0 Å². The summed E-state index contributed by atoms with van der Waals surface area (Å²) in [5.74, 6) is 0.289. The highest BCUT2D eigenvalue weighted by Gasteiger charge is 2.11. The number of furan rings is 1. The number of halogens is 1. The summed E-state index contributed by atoms with van der Waals surface area (Å²) in [5.41, 5.74) is 3.23. The molecule has 0 atom stereocenters. The molecule has 0 bridgehead atoms. The Labute approximate surface area is 147 Å². The average Bonchev–Trinajstić information content (AvgIpc) is 3.01. The van der Waals surface area contributed by atoms with Crippen molar-refractivity contribution in [2.75, 3.05) is 6.61 Å². The van der Waals surface area contributed by atoms with Crippen LogP contribution in [0.1, 0.15) is 30.4 Å². The predicted octanol–water partition coefficient (Wildman–Crippen LogP) is 6.42. The van der Waals surface area contributed by atoms with E-state index in [1.54, 1.807) is 6.07 Å². The van der Waals surface area contributed by atoms with Crippen molar-refractivity contribution >= 4 is 11.0 Å². The Balaban J connectivity index is 1.70. The largest absolute Gasteiger partial charge is 0.456 e. The van der Waals surface area contributed by atoms with Crippen LogP contribution in [0.5, 0.6) is 0 Å². The first-order valence-electron chi connectivity index (χ1n) is 8.65. The number of hydrogen-bond acceptors (Lipinski definition) is 2. The zero-order valence-corrected chi connectivity index (χ0v) is 14.6. The van der Waals surface area contributed by atoms with Crippen LogP contribution in [0.3, 0.4) is 0 Å². The van der Waals surface area contributed by atoms with Gasteiger partial charge in [-0.3, -0.25) is 0 Å². The van der Waals surface area contributed by atoms with Gasteiger partial charge in [0, 0.05) is 12.0 Å². The Hall–Kier alpha value is -2.39. The molecular formula is C22H23FO2. The van der Waals surface area contributed by atoms with Gasteiger partial charge in [-0.1, -0.05) is 18.2 Å². The Kier molecular flexibility index (Phi) is 5.67. The second-order valence-corrected chi connectivity index (χ2v) is 6.30. The highest BCUT2D eigenvalue weighted by atomic mass is 19.1. The van der Waals surface area contributed by atoms with Crippen LogP contribution >= 0.6 is 0 Å². The van der Waals surface area contributed by atoms with Crippen molar-refractivity contribution in [2.24, 2.45) is 0 Å². The van der Waals surface area contributed by atoms with Crippen molar-refractivity contribution in [1.82, 2.24) is 0 Å². The van der Waals surface area contributed by atoms with E-state index >= 15 is 0 Å². The monoisotopic (exact) mass is 338 g/mol. The van der Waals surface area contributed by atoms with Crippen molar-refractivity contribution in [1.29, 1.82) is 0 Å². The molecule has 0 fully saturated rings. The molecule has 0 amide bonds. The van der Waals surface area contributed by atoms with E-state index in [1.807, 2.05) is 43.3 Å². The lowest BCUT2D eigenvalue weighted by Crippen LogP contribution is -1.95. The summed E-state index contributed by atoms with van der Waals surface area (Å²) >= 11 is 0. The van der Waals surface area contributed by atoms with Gasteiger partial charge < -0.3 is 9.15 Å².